The summed E-state index contributed by atoms with van der Waals surface area (Å²) in [5.41, 5.74) is 4.86. The number of carbonyl (C=O) groups is 2. The lowest BCUT2D eigenvalue weighted by atomic mass is 9.86. The summed E-state index contributed by atoms with van der Waals surface area (Å²) in [7, 11) is 1.46. The van der Waals surface area contributed by atoms with Gasteiger partial charge < -0.3 is 64.9 Å². The summed E-state index contributed by atoms with van der Waals surface area (Å²) in [6.45, 7) is 15.2. The zero-order chi connectivity index (χ0) is 46.8. The molecular weight excluding hydrogens is 829 g/mol. The molecule has 0 aliphatic carbocycles. The van der Waals surface area contributed by atoms with Gasteiger partial charge in [0.1, 0.15) is 53.3 Å². The van der Waals surface area contributed by atoms with Crippen LogP contribution in [0.3, 0.4) is 0 Å². The molecule has 2 aliphatic heterocycles. The second-order valence-electron chi connectivity index (χ2n) is 17.1. The van der Waals surface area contributed by atoms with Crippen LogP contribution in [0, 0.1) is 24.7 Å². The number of anilines is 1. The summed E-state index contributed by atoms with van der Waals surface area (Å²) in [5, 5.41) is 50.3. The summed E-state index contributed by atoms with van der Waals surface area (Å²) in [6, 6.07) is 5.03. The number of nitrogens with two attached hydrogens (primary N) is 1. The van der Waals surface area contributed by atoms with Gasteiger partial charge in [-0.25, -0.2) is 4.98 Å². The standard InChI is InChI=1S/C47H60N4O13/c1-22(40-26(5)38(55)44(63-40)42(61-27(6)53)24(3)30(59-9)15-19-52)11-10-12-23(2)46(58)51-36-39(56)33-32(34-41(25(4)37(33)54)64-47(7,8)45(34)57)35-43(36)62-31-21-28(13-14-29(31)50-35)60-20-18-49-17-16-48/h10-15,19,21-22,24,26,30,38,40,42,44,46,49,51-52,55-56,58H,16-18,20,48H2,1-9H3/b11-10+,19-15+,23-12-/t22?,24-,26+,30+,38-,40+,42?,44-,46?/m1/s1. The van der Waals surface area contributed by atoms with Crippen LogP contribution in [0.4, 0.5) is 5.69 Å². The van der Waals surface area contributed by atoms with Gasteiger partial charge >= 0.3 is 5.97 Å². The molecule has 0 saturated carbocycles. The molecule has 9 atom stereocenters. The highest BCUT2D eigenvalue weighted by atomic mass is 16.6. The minimum absolute atomic E-state index is 0.0377. The van der Waals surface area contributed by atoms with Crippen molar-refractivity contribution < 1.29 is 58.1 Å². The lowest BCUT2D eigenvalue weighted by Crippen LogP contribution is -2.46. The van der Waals surface area contributed by atoms with Crippen molar-refractivity contribution in [3.05, 3.63) is 75.7 Å². The molecule has 64 heavy (non-hydrogen) atoms. The zero-order valence-corrected chi connectivity index (χ0v) is 37.6. The van der Waals surface area contributed by atoms with E-state index in [1.54, 1.807) is 58.0 Å². The van der Waals surface area contributed by atoms with Gasteiger partial charge in [0.15, 0.2) is 27.9 Å². The number of nitrogens with zero attached hydrogens (tertiary/aromatic N) is 1. The molecule has 0 spiro atoms. The van der Waals surface area contributed by atoms with E-state index in [-0.39, 0.29) is 61.9 Å². The van der Waals surface area contributed by atoms with Crippen molar-refractivity contribution in [3.63, 3.8) is 0 Å². The average molecular weight is 889 g/mol. The van der Waals surface area contributed by atoms with Crippen LogP contribution in [0.2, 0.25) is 0 Å². The van der Waals surface area contributed by atoms with E-state index in [1.807, 2.05) is 19.9 Å². The van der Waals surface area contributed by atoms with Crippen LogP contribution in [0.1, 0.15) is 64.4 Å². The first-order valence-electron chi connectivity index (χ1n) is 21.4. The fraction of sp³-hybridized carbons (Fsp3) is 0.489. The molecule has 346 valence electrons. The van der Waals surface area contributed by atoms with Crippen LogP contribution in [0.25, 0.3) is 33.0 Å². The van der Waals surface area contributed by atoms with Crippen molar-refractivity contribution in [2.24, 2.45) is 23.5 Å². The number of ether oxygens (including phenoxy) is 5. The number of phenolic OH excluding ortho intramolecular Hbond substituents is 1. The van der Waals surface area contributed by atoms with Crippen molar-refractivity contribution in [1.82, 2.24) is 10.3 Å². The fourth-order valence-electron chi connectivity index (χ4n) is 8.49. The number of fused-ring (bicyclic) bond motifs is 6. The number of ketones is 1. The molecule has 2 aliphatic rings. The normalized spacial score (nSPS) is 22.2. The topological polar surface area (TPSA) is 254 Å². The first kappa shape index (κ1) is 47.9. The van der Waals surface area contributed by atoms with Crippen molar-refractivity contribution in [2.75, 3.05) is 38.7 Å². The molecule has 3 heterocycles. The Balaban J connectivity index is 1.33. The van der Waals surface area contributed by atoms with E-state index in [9.17, 15) is 34.8 Å². The molecule has 8 N–H and O–H groups in total. The average Bonchev–Trinajstić information content (AvgIpc) is 3.69. The highest BCUT2D eigenvalue weighted by molar-refractivity contribution is 6.25. The second kappa shape index (κ2) is 19.7. The first-order chi connectivity index (χ1) is 30.4. The number of rotatable bonds is 18. The molecule has 17 nitrogen and oxygen atoms in total. The molecular formula is C47H60N4O13. The molecule has 0 radical (unpaired) electrons. The first-order valence-corrected chi connectivity index (χ1v) is 21.4. The molecule has 17 heteroatoms. The molecule has 6 rings (SSSR count). The number of aromatic hydroxyl groups is 1. The van der Waals surface area contributed by atoms with Crippen LogP contribution in [-0.2, 0) is 19.0 Å². The number of nitrogens with one attached hydrogen (secondary N) is 2. The van der Waals surface area contributed by atoms with Crippen LogP contribution >= 0.6 is 0 Å². The number of phenols is 1. The van der Waals surface area contributed by atoms with Crippen LogP contribution < -0.4 is 31.3 Å². The number of carbonyl (C=O) groups excluding carboxylic acids is 2. The monoisotopic (exact) mass is 888 g/mol. The number of aromatic nitrogens is 1. The largest absolute Gasteiger partial charge is 0.516 e. The Bertz CT molecular complexity index is 2550. The Hall–Kier alpha value is -5.56. The Morgan fingerprint density at radius 2 is 1.84 bits per heavy atom. The number of Topliss-reactive ketones (excluding diaryl/α,β-unsaturated/α-hetero) is 1. The molecule has 1 saturated heterocycles. The van der Waals surface area contributed by atoms with E-state index in [0.29, 0.717) is 43.1 Å². The third-order valence-electron chi connectivity index (χ3n) is 12.1. The fourth-order valence-corrected chi connectivity index (χ4v) is 8.49. The Morgan fingerprint density at radius 1 is 1.11 bits per heavy atom. The summed E-state index contributed by atoms with van der Waals surface area (Å²) in [4.78, 5) is 45.0. The SMILES string of the molecule is CO[C@@H](/C=C/O)[C@@H](C)C(OC(C)=O)[C@@H]1O[C@@H](C(C)/C=C/C=C(/C)C(O)Nc2c(O)c3c(=O)c(C)c4c(c3c3nc5ccc(OCCNCCN)cc5oc23)C(=O)C(C)(C)O4)[C@@H](C)[C@H]1O. The van der Waals surface area contributed by atoms with Gasteiger partial charge in [0, 0.05) is 68.4 Å². The third-order valence-corrected chi connectivity index (χ3v) is 12.1. The predicted octanol–water partition coefficient (Wildman–Crippen LogP) is 5.08. The van der Waals surface area contributed by atoms with Gasteiger partial charge in [-0.1, -0.05) is 39.0 Å². The van der Waals surface area contributed by atoms with Crippen molar-refractivity contribution in [1.29, 1.82) is 0 Å². The van der Waals surface area contributed by atoms with Gasteiger partial charge in [-0.05, 0) is 51.5 Å². The molecule has 0 bridgehead atoms. The summed E-state index contributed by atoms with van der Waals surface area (Å²) in [5.74, 6) is -2.06. The summed E-state index contributed by atoms with van der Waals surface area (Å²) >= 11 is 0. The second-order valence-corrected chi connectivity index (χ2v) is 17.1. The Kier molecular flexibility index (Phi) is 14.7. The van der Waals surface area contributed by atoms with Gasteiger partial charge in [-0.2, -0.15) is 0 Å². The minimum Gasteiger partial charge on any atom is -0.516 e. The van der Waals surface area contributed by atoms with Gasteiger partial charge in [-0.3, -0.25) is 14.4 Å². The van der Waals surface area contributed by atoms with Crippen molar-refractivity contribution in [3.8, 4) is 17.2 Å². The lowest BCUT2D eigenvalue weighted by molar-refractivity contribution is -0.168. The maximum Gasteiger partial charge on any atom is 0.303 e. The third kappa shape index (κ3) is 9.32. The number of allylic oxidation sites excluding steroid dienone is 2. The molecule has 0 amide bonds. The molecule has 3 unspecified atom stereocenters. The summed E-state index contributed by atoms with van der Waals surface area (Å²) in [6.07, 6.45) is 2.16. The summed E-state index contributed by atoms with van der Waals surface area (Å²) < 4.78 is 35.9. The van der Waals surface area contributed by atoms with Gasteiger partial charge in [0.05, 0.1) is 35.5 Å². The minimum atomic E-state index is -1.44. The maximum atomic E-state index is 14.1. The number of esters is 1. The maximum absolute atomic E-state index is 14.1. The number of methoxy groups -OCH3 is 1. The van der Waals surface area contributed by atoms with Gasteiger partial charge in [0.25, 0.3) is 0 Å². The smallest absolute Gasteiger partial charge is 0.303 e. The van der Waals surface area contributed by atoms with Gasteiger partial charge in [-0.15, -0.1) is 0 Å². The van der Waals surface area contributed by atoms with Gasteiger partial charge in [0.2, 0.25) is 5.78 Å². The number of hydrogen-bond donors (Lipinski definition) is 7. The van der Waals surface area contributed by atoms with Crippen LogP contribution in [-0.4, -0.2) is 113 Å². The van der Waals surface area contributed by atoms with Crippen LogP contribution in [0.5, 0.6) is 17.2 Å². The van der Waals surface area contributed by atoms with Crippen molar-refractivity contribution in [2.45, 2.75) is 97.7 Å². The molecule has 1 aromatic heterocycles. The van der Waals surface area contributed by atoms with E-state index < -0.39 is 71.2 Å². The quantitative estimate of drug-likeness (QED) is 0.0101. The Labute approximate surface area is 370 Å². The number of hydrogen-bond acceptors (Lipinski definition) is 17. The van der Waals surface area contributed by atoms with Crippen LogP contribution in [0.15, 0.2) is 63.6 Å². The highest BCUT2D eigenvalue weighted by Gasteiger charge is 2.50. The zero-order valence-electron chi connectivity index (χ0n) is 37.6. The number of benzene rings is 3. The highest BCUT2D eigenvalue weighted by Crippen LogP contribution is 2.48. The van der Waals surface area contributed by atoms with E-state index in [2.05, 4.69) is 10.6 Å². The van der Waals surface area contributed by atoms with E-state index in [4.69, 9.17) is 38.8 Å². The van der Waals surface area contributed by atoms with E-state index in [1.165, 1.54) is 27.0 Å². The Morgan fingerprint density at radius 3 is 2.52 bits per heavy atom. The lowest BCUT2D eigenvalue weighted by Gasteiger charge is -2.33. The van der Waals surface area contributed by atoms with Crippen molar-refractivity contribution >= 4 is 50.4 Å². The molecule has 3 aromatic carbocycles. The predicted molar refractivity (Wildman–Crippen MR) is 241 cm³/mol. The van der Waals surface area contributed by atoms with E-state index in [0.717, 1.165) is 6.26 Å². The van der Waals surface area contributed by atoms with E-state index >= 15 is 0 Å². The number of aliphatic hydroxyl groups excluding tert-OH is 3. The number of aliphatic hydroxyl groups is 3. The molecule has 1 fully saturated rings. The molecule has 4 aromatic rings.